The first-order valence-corrected chi connectivity index (χ1v) is 7.31. The Hall–Kier alpha value is -2.56. The van der Waals surface area contributed by atoms with Crippen LogP contribution in [-0.4, -0.2) is 36.5 Å². The van der Waals surface area contributed by atoms with Gasteiger partial charge in [0, 0.05) is 25.4 Å². The summed E-state index contributed by atoms with van der Waals surface area (Å²) < 4.78 is 5.26. The highest BCUT2D eigenvalue weighted by Crippen LogP contribution is 2.35. The lowest BCUT2D eigenvalue weighted by Gasteiger charge is -2.41. The summed E-state index contributed by atoms with van der Waals surface area (Å²) in [7, 11) is 3.44. The molecule has 1 saturated heterocycles. The standard InChI is InChI=1S/C17H19N3O2/c1-18-16-11-13(6-8-19-16)17(21)20-9-7-15(20)12-4-3-5-14(10-12)22-2/h3-6,8,10-11,15H,7,9H2,1-2H3,(H,18,19). The largest absolute Gasteiger partial charge is 0.497 e. The molecule has 1 unspecified atom stereocenters. The summed E-state index contributed by atoms with van der Waals surface area (Å²) >= 11 is 0. The first kappa shape index (κ1) is 14.4. The zero-order valence-electron chi connectivity index (χ0n) is 12.7. The lowest BCUT2D eigenvalue weighted by molar-refractivity contribution is 0.0460. The number of benzene rings is 1. The smallest absolute Gasteiger partial charge is 0.254 e. The summed E-state index contributed by atoms with van der Waals surface area (Å²) in [6, 6.07) is 11.6. The van der Waals surface area contributed by atoms with Gasteiger partial charge in [0.2, 0.25) is 0 Å². The van der Waals surface area contributed by atoms with Gasteiger partial charge in [0.25, 0.3) is 5.91 Å². The molecule has 2 aromatic rings. The Morgan fingerprint density at radius 2 is 2.23 bits per heavy atom. The van der Waals surface area contributed by atoms with Crippen LogP contribution in [0.4, 0.5) is 5.82 Å². The quantitative estimate of drug-likeness (QED) is 0.942. The highest BCUT2D eigenvalue weighted by Gasteiger charge is 2.34. The van der Waals surface area contributed by atoms with Gasteiger partial charge in [0.15, 0.2) is 0 Å². The predicted molar refractivity (Wildman–Crippen MR) is 85.2 cm³/mol. The third-order valence-electron chi connectivity index (χ3n) is 4.02. The molecule has 1 aliphatic rings. The second-order valence-electron chi connectivity index (χ2n) is 5.26. The number of anilines is 1. The summed E-state index contributed by atoms with van der Waals surface area (Å²) in [5.41, 5.74) is 1.77. The molecule has 3 rings (SSSR count). The highest BCUT2D eigenvalue weighted by molar-refractivity contribution is 5.95. The van der Waals surface area contributed by atoms with Gasteiger partial charge in [0.05, 0.1) is 13.2 Å². The van der Waals surface area contributed by atoms with E-state index in [1.165, 1.54) is 0 Å². The van der Waals surface area contributed by atoms with Crippen LogP contribution in [0.1, 0.15) is 28.4 Å². The predicted octanol–water partition coefficient (Wildman–Crippen LogP) is 2.72. The van der Waals surface area contributed by atoms with Gasteiger partial charge in [-0.1, -0.05) is 12.1 Å². The number of amides is 1. The monoisotopic (exact) mass is 297 g/mol. The molecular weight excluding hydrogens is 278 g/mol. The van der Waals surface area contributed by atoms with Crippen molar-refractivity contribution in [3.05, 3.63) is 53.7 Å². The van der Waals surface area contributed by atoms with E-state index in [2.05, 4.69) is 10.3 Å². The molecule has 114 valence electrons. The Kier molecular flexibility index (Phi) is 3.96. The average molecular weight is 297 g/mol. The van der Waals surface area contributed by atoms with Gasteiger partial charge in [-0.25, -0.2) is 4.98 Å². The van der Waals surface area contributed by atoms with E-state index in [4.69, 9.17) is 4.74 Å². The molecule has 1 N–H and O–H groups in total. The van der Waals surface area contributed by atoms with Crippen LogP contribution in [0.15, 0.2) is 42.6 Å². The van der Waals surface area contributed by atoms with Crippen LogP contribution in [0.25, 0.3) is 0 Å². The second kappa shape index (κ2) is 6.05. The van der Waals surface area contributed by atoms with Gasteiger partial charge < -0.3 is 15.0 Å². The number of likely N-dealkylation sites (tertiary alicyclic amines) is 1. The molecule has 0 bridgehead atoms. The van der Waals surface area contributed by atoms with E-state index in [-0.39, 0.29) is 11.9 Å². The van der Waals surface area contributed by atoms with Crippen molar-refractivity contribution >= 4 is 11.7 Å². The summed E-state index contributed by atoms with van der Waals surface area (Å²) in [6.45, 7) is 0.776. The summed E-state index contributed by atoms with van der Waals surface area (Å²) in [4.78, 5) is 18.7. The molecule has 22 heavy (non-hydrogen) atoms. The number of carbonyl (C=O) groups is 1. The SMILES string of the molecule is CNc1cc(C(=O)N2CCC2c2cccc(OC)c2)ccn1. The number of nitrogens with zero attached hydrogens (tertiary/aromatic N) is 2. The van der Waals surface area contributed by atoms with Crippen LogP contribution in [-0.2, 0) is 0 Å². The Balaban J connectivity index is 1.81. The van der Waals surface area contributed by atoms with Crippen molar-refractivity contribution in [2.45, 2.75) is 12.5 Å². The number of pyridine rings is 1. The van der Waals surface area contributed by atoms with Crippen molar-refractivity contribution in [1.82, 2.24) is 9.88 Å². The Labute approximate surface area is 129 Å². The normalized spacial score (nSPS) is 16.8. The van der Waals surface area contributed by atoms with Crippen molar-refractivity contribution in [3.63, 3.8) is 0 Å². The zero-order valence-corrected chi connectivity index (χ0v) is 12.7. The first-order valence-electron chi connectivity index (χ1n) is 7.31. The van der Waals surface area contributed by atoms with Crippen LogP contribution in [0, 0.1) is 0 Å². The van der Waals surface area contributed by atoms with Crippen molar-refractivity contribution in [2.24, 2.45) is 0 Å². The van der Waals surface area contributed by atoms with E-state index in [1.54, 1.807) is 32.5 Å². The number of methoxy groups -OCH3 is 1. The van der Waals surface area contributed by atoms with E-state index in [0.717, 1.165) is 24.3 Å². The van der Waals surface area contributed by atoms with Gasteiger partial charge in [-0.2, -0.15) is 0 Å². The molecule has 5 nitrogen and oxygen atoms in total. The molecule has 1 amide bonds. The number of nitrogens with one attached hydrogen (secondary N) is 1. The Morgan fingerprint density at radius 3 is 2.91 bits per heavy atom. The fourth-order valence-corrected chi connectivity index (χ4v) is 2.69. The summed E-state index contributed by atoms with van der Waals surface area (Å²) in [5.74, 6) is 1.56. The second-order valence-corrected chi connectivity index (χ2v) is 5.26. The molecule has 2 heterocycles. The van der Waals surface area contributed by atoms with Crippen LogP contribution >= 0.6 is 0 Å². The fraction of sp³-hybridized carbons (Fsp3) is 0.294. The Bertz CT molecular complexity index is 687. The van der Waals surface area contributed by atoms with E-state index >= 15 is 0 Å². The lowest BCUT2D eigenvalue weighted by atomic mass is 9.93. The number of carbonyl (C=O) groups excluding carboxylic acids is 1. The highest BCUT2D eigenvalue weighted by atomic mass is 16.5. The molecule has 1 aromatic heterocycles. The maximum absolute atomic E-state index is 12.7. The number of hydrogen-bond donors (Lipinski definition) is 1. The number of rotatable bonds is 4. The number of hydrogen-bond acceptors (Lipinski definition) is 4. The molecule has 0 saturated carbocycles. The van der Waals surface area contributed by atoms with E-state index < -0.39 is 0 Å². The number of aromatic nitrogens is 1. The Morgan fingerprint density at radius 1 is 1.36 bits per heavy atom. The third kappa shape index (κ3) is 2.62. The van der Waals surface area contributed by atoms with Gasteiger partial charge in [-0.05, 0) is 36.2 Å². The molecule has 1 aromatic carbocycles. The lowest BCUT2D eigenvalue weighted by Crippen LogP contribution is -2.45. The minimum absolute atomic E-state index is 0.0398. The van der Waals surface area contributed by atoms with Gasteiger partial charge in [-0.3, -0.25) is 4.79 Å². The van der Waals surface area contributed by atoms with Crippen molar-refractivity contribution in [2.75, 3.05) is 26.0 Å². The summed E-state index contributed by atoms with van der Waals surface area (Å²) in [5, 5.41) is 2.96. The zero-order chi connectivity index (χ0) is 15.5. The minimum Gasteiger partial charge on any atom is -0.497 e. The van der Waals surface area contributed by atoms with E-state index in [0.29, 0.717) is 11.4 Å². The topological polar surface area (TPSA) is 54.5 Å². The molecule has 1 atom stereocenters. The average Bonchev–Trinajstić information content (AvgIpc) is 2.54. The number of ether oxygens (including phenoxy) is 1. The van der Waals surface area contributed by atoms with E-state index in [9.17, 15) is 4.79 Å². The summed E-state index contributed by atoms with van der Waals surface area (Å²) in [6.07, 6.45) is 2.63. The van der Waals surface area contributed by atoms with Crippen LogP contribution in [0.3, 0.4) is 0 Å². The molecule has 5 heteroatoms. The van der Waals surface area contributed by atoms with Crippen molar-refractivity contribution in [3.8, 4) is 5.75 Å². The molecule has 0 aliphatic carbocycles. The maximum Gasteiger partial charge on any atom is 0.254 e. The van der Waals surface area contributed by atoms with Gasteiger partial charge in [-0.15, -0.1) is 0 Å². The molecular formula is C17H19N3O2. The minimum atomic E-state index is 0.0398. The fourth-order valence-electron chi connectivity index (χ4n) is 2.69. The molecule has 0 spiro atoms. The van der Waals surface area contributed by atoms with Crippen molar-refractivity contribution in [1.29, 1.82) is 0 Å². The van der Waals surface area contributed by atoms with Gasteiger partial charge >= 0.3 is 0 Å². The van der Waals surface area contributed by atoms with Crippen molar-refractivity contribution < 1.29 is 9.53 Å². The molecule has 0 radical (unpaired) electrons. The van der Waals surface area contributed by atoms with E-state index in [1.807, 2.05) is 29.2 Å². The first-order chi connectivity index (χ1) is 10.7. The van der Waals surface area contributed by atoms with Crippen LogP contribution < -0.4 is 10.1 Å². The maximum atomic E-state index is 12.7. The third-order valence-corrected chi connectivity index (χ3v) is 4.02. The van der Waals surface area contributed by atoms with Crippen LogP contribution in [0.2, 0.25) is 0 Å². The van der Waals surface area contributed by atoms with Crippen LogP contribution in [0.5, 0.6) is 5.75 Å². The van der Waals surface area contributed by atoms with Gasteiger partial charge in [0.1, 0.15) is 11.6 Å². The molecule has 1 fully saturated rings. The molecule has 1 aliphatic heterocycles.